The molecule has 0 aliphatic carbocycles. The Hall–Kier alpha value is -1.04. The molecular formula is C20H30NNaO4. The zero-order chi connectivity index (χ0) is 18.2. The third-order valence-electron chi connectivity index (χ3n) is 4.04. The van der Waals surface area contributed by atoms with Crippen LogP contribution in [0.1, 0.15) is 69.8 Å². The van der Waals surface area contributed by atoms with Gasteiger partial charge in [-0.1, -0.05) is 75.3 Å². The van der Waals surface area contributed by atoms with E-state index in [-0.39, 0.29) is 42.1 Å². The minimum atomic E-state index is -0.947. The summed E-state index contributed by atoms with van der Waals surface area (Å²) in [7, 11) is 0. The molecule has 0 fully saturated rings. The number of hydrogen-bond donors (Lipinski definition) is 1. The predicted molar refractivity (Wildman–Crippen MR) is 95.8 cm³/mol. The molecule has 140 valence electrons. The number of carbonyl (C=O) groups is 2. The van der Waals surface area contributed by atoms with E-state index >= 15 is 0 Å². The smallest absolute Gasteiger partial charge is 0.550 e. The van der Waals surface area contributed by atoms with Gasteiger partial charge in [-0.15, -0.1) is 0 Å². The van der Waals surface area contributed by atoms with Crippen molar-refractivity contribution in [3.05, 3.63) is 35.9 Å². The summed E-state index contributed by atoms with van der Waals surface area (Å²) in [5, 5.41) is 13.0. The maximum Gasteiger partial charge on any atom is 1.00 e. The first-order valence-corrected chi connectivity index (χ1v) is 9.33. The van der Waals surface area contributed by atoms with Crippen LogP contribution in [0.4, 0.5) is 4.79 Å². The number of rotatable bonds is 14. The number of aliphatic carboxylic acids is 1. The van der Waals surface area contributed by atoms with Crippen LogP contribution in [0.5, 0.6) is 0 Å². The van der Waals surface area contributed by atoms with Gasteiger partial charge in [0, 0.05) is 12.5 Å². The van der Waals surface area contributed by atoms with Gasteiger partial charge in [0.1, 0.15) is 6.61 Å². The molecule has 1 N–H and O–H groups in total. The van der Waals surface area contributed by atoms with Crippen molar-refractivity contribution in [3.8, 4) is 0 Å². The Morgan fingerprint density at radius 3 is 1.96 bits per heavy atom. The molecule has 0 bridgehead atoms. The Kier molecular flexibility index (Phi) is 16.7. The number of amides is 1. The molecule has 0 atom stereocenters. The van der Waals surface area contributed by atoms with Crippen molar-refractivity contribution in [1.29, 1.82) is 0 Å². The topological polar surface area (TPSA) is 78.5 Å². The van der Waals surface area contributed by atoms with Crippen LogP contribution in [-0.2, 0) is 16.1 Å². The minimum absolute atomic E-state index is 0. The number of unbranched alkanes of at least 4 members (excludes halogenated alkanes) is 8. The van der Waals surface area contributed by atoms with Gasteiger partial charge in [-0.05, 0) is 24.8 Å². The predicted octanol–water partition coefficient (Wildman–Crippen LogP) is 0.568. The monoisotopic (exact) mass is 371 g/mol. The molecule has 0 radical (unpaired) electrons. The molecule has 0 unspecified atom stereocenters. The summed E-state index contributed by atoms with van der Waals surface area (Å²) in [5.41, 5.74) is 0.984. The molecule has 5 nitrogen and oxygen atoms in total. The minimum Gasteiger partial charge on any atom is -0.550 e. The summed E-state index contributed by atoms with van der Waals surface area (Å²) in [6.07, 6.45) is 9.41. The van der Waals surface area contributed by atoms with Crippen molar-refractivity contribution >= 4 is 12.1 Å². The van der Waals surface area contributed by atoms with E-state index in [9.17, 15) is 14.7 Å². The molecule has 0 aliphatic rings. The first-order chi connectivity index (χ1) is 12.2. The first kappa shape index (κ1) is 25.0. The summed E-state index contributed by atoms with van der Waals surface area (Å²) >= 11 is 0. The number of alkyl carbamates (subject to hydrolysis) is 1. The Balaban J connectivity index is 0.00000625. The van der Waals surface area contributed by atoms with Gasteiger partial charge in [-0.2, -0.15) is 0 Å². The third kappa shape index (κ3) is 15.2. The van der Waals surface area contributed by atoms with Crippen LogP contribution in [-0.4, -0.2) is 18.6 Å². The van der Waals surface area contributed by atoms with Crippen molar-refractivity contribution in [2.75, 3.05) is 6.54 Å². The molecule has 0 spiro atoms. The van der Waals surface area contributed by atoms with E-state index < -0.39 is 5.97 Å². The van der Waals surface area contributed by atoms with E-state index in [1.54, 1.807) is 0 Å². The van der Waals surface area contributed by atoms with Gasteiger partial charge in [-0.25, -0.2) is 4.79 Å². The fourth-order valence-corrected chi connectivity index (χ4v) is 2.60. The van der Waals surface area contributed by atoms with E-state index in [4.69, 9.17) is 4.74 Å². The maximum atomic E-state index is 11.5. The van der Waals surface area contributed by atoms with Crippen LogP contribution in [0.25, 0.3) is 0 Å². The van der Waals surface area contributed by atoms with Gasteiger partial charge < -0.3 is 20.0 Å². The second kappa shape index (κ2) is 17.4. The van der Waals surface area contributed by atoms with Crippen LogP contribution in [0, 0.1) is 0 Å². The van der Waals surface area contributed by atoms with E-state index in [1.165, 1.54) is 19.3 Å². The van der Waals surface area contributed by atoms with Gasteiger partial charge >= 0.3 is 35.7 Å². The Morgan fingerprint density at radius 2 is 1.38 bits per heavy atom. The zero-order valence-electron chi connectivity index (χ0n) is 16.0. The molecule has 1 aromatic carbocycles. The molecule has 0 aliphatic heterocycles. The average molecular weight is 371 g/mol. The number of ether oxygens (including phenoxy) is 1. The quantitative estimate of drug-likeness (QED) is 0.383. The summed E-state index contributed by atoms with van der Waals surface area (Å²) in [6.45, 7) is 0.951. The van der Waals surface area contributed by atoms with Gasteiger partial charge in [-0.3, -0.25) is 0 Å². The van der Waals surface area contributed by atoms with Gasteiger partial charge in [0.05, 0.1) is 0 Å². The number of carbonyl (C=O) groups excluding carboxylic acids is 2. The molecule has 6 heteroatoms. The van der Waals surface area contributed by atoms with Crippen molar-refractivity contribution in [2.45, 2.75) is 70.8 Å². The first-order valence-electron chi connectivity index (χ1n) is 9.33. The molecule has 1 amide bonds. The summed E-state index contributed by atoms with van der Waals surface area (Å²) < 4.78 is 5.14. The molecular weight excluding hydrogens is 341 g/mol. The van der Waals surface area contributed by atoms with E-state index in [0.717, 1.165) is 44.1 Å². The molecule has 26 heavy (non-hydrogen) atoms. The fraction of sp³-hybridized carbons (Fsp3) is 0.600. The van der Waals surface area contributed by atoms with Crippen molar-refractivity contribution < 1.29 is 49.0 Å². The van der Waals surface area contributed by atoms with E-state index in [1.807, 2.05) is 30.3 Å². The van der Waals surface area contributed by atoms with Gasteiger partial charge in [0.25, 0.3) is 0 Å². The van der Waals surface area contributed by atoms with E-state index in [0.29, 0.717) is 13.2 Å². The van der Waals surface area contributed by atoms with Crippen LogP contribution < -0.4 is 40.0 Å². The number of hydrogen-bond acceptors (Lipinski definition) is 4. The zero-order valence-corrected chi connectivity index (χ0v) is 18.0. The third-order valence-corrected chi connectivity index (χ3v) is 4.04. The fourth-order valence-electron chi connectivity index (χ4n) is 2.60. The van der Waals surface area contributed by atoms with Gasteiger partial charge in [0.15, 0.2) is 0 Å². The largest absolute Gasteiger partial charge is 1.00 e. The Bertz CT molecular complexity index is 482. The summed E-state index contributed by atoms with van der Waals surface area (Å²) in [6, 6.07) is 9.63. The second-order valence-corrected chi connectivity index (χ2v) is 6.29. The normalized spacial score (nSPS) is 10.0. The summed E-state index contributed by atoms with van der Waals surface area (Å²) in [5.74, 6) is -0.947. The average Bonchev–Trinajstić information content (AvgIpc) is 2.61. The van der Waals surface area contributed by atoms with Crippen molar-refractivity contribution in [3.63, 3.8) is 0 Å². The molecule has 0 heterocycles. The maximum absolute atomic E-state index is 11.5. The van der Waals surface area contributed by atoms with Crippen LogP contribution in [0.15, 0.2) is 30.3 Å². The van der Waals surface area contributed by atoms with Crippen LogP contribution in [0.2, 0.25) is 0 Å². The van der Waals surface area contributed by atoms with Gasteiger partial charge in [0.2, 0.25) is 0 Å². The molecule has 1 aromatic rings. The molecule has 0 saturated heterocycles. The van der Waals surface area contributed by atoms with Crippen molar-refractivity contribution in [1.82, 2.24) is 5.32 Å². The Morgan fingerprint density at radius 1 is 0.846 bits per heavy atom. The van der Waals surface area contributed by atoms with Crippen molar-refractivity contribution in [2.24, 2.45) is 0 Å². The standard InChI is InChI=1S/C20H31NO4.Na/c22-19(23)15-11-6-4-2-1-3-5-7-12-16-21-20(24)25-17-18-13-9-8-10-14-18;/h8-10,13-14H,1-7,11-12,15-17H2,(H,21,24)(H,22,23);/q;+1/p-1. The van der Waals surface area contributed by atoms with E-state index in [2.05, 4.69) is 5.32 Å². The number of nitrogens with one attached hydrogen (secondary N) is 1. The van der Waals surface area contributed by atoms with Crippen LogP contribution >= 0.6 is 0 Å². The second-order valence-electron chi connectivity index (χ2n) is 6.29. The number of carboxylic acids is 1. The van der Waals surface area contributed by atoms with Crippen LogP contribution in [0.3, 0.4) is 0 Å². The molecule has 0 saturated carbocycles. The number of benzene rings is 1. The molecule has 0 aromatic heterocycles. The summed E-state index contributed by atoms with van der Waals surface area (Å²) in [4.78, 5) is 21.8. The molecule has 1 rings (SSSR count). The number of carboxylic acid groups (broad SMARTS) is 1. The Labute approximate surface area is 179 Å². The SMILES string of the molecule is O=C([O-])CCCCCCCCCCCNC(=O)OCc1ccccc1.[Na+].